The zero-order valence-electron chi connectivity index (χ0n) is 24.9. The first-order chi connectivity index (χ1) is 19.5. The lowest BCUT2D eigenvalue weighted by Gasteiger charge is -2.21. The lowest BCUT2D eigenvalue weighted by Crippen LogP contribution is -2.34. The fourth-order valence-electron chi connectivity index (χ4n) is 5.77. The van der Waals surface area contributed by atoms with Gasteiger partial charge in [-0.15, -0.1) is 0 Å². The maximum atomic E-state index is 13.4. The van der Waals surface area contributed by atoms with E-state index in [0.29, 0.717) is 6.42 Å². The molecule has 3 aromatic carbocycles. The average Bonchev–Trinajstić information content (AvgIpc) is 3.33. The molecule has 1 aromatic heterocycles. The van der Waals surface area contributed by atoms with Crippen molar-refractivity contribution in [3.8, 4) is 0 Å². The summed E-state index contributed by atoms with van der Waals surface area (Å²) in [6.07, 6.45) is 6.81. The number of aryl methyl sites for hydroxylation is 2. The minimum atomic E-state index is 0.146. The predicted octanol–water partition coefficient (Wildman–Crippen LogP) is 7.73. The van der Waals surface area contributed by atoms with Gasteiger partial charge in [0.1, 0.15) is 0 Å². The van der Waals surface area contributed by atoms with E-state index in [1.54, 1.807) is 0 Å². The molecule has 0 aliphatic carbocycles. The van der Waals surface area contributed by atoms with Crippen molar-refractivity contribution >= 4 is 16.8 Å². The summed E-state index contributed by atoms with van der Waals surface area (Å²) < 4.78 is 2.36. The highest BCUT2D eigenvalue weighted by molar-refractivity contribution is 5.86. The van der Waals surface area contributed by atoms with Crippen LogP contribution in [-0.4, -0.2) is 41.1 Å². The number of benzene rings is 3. The van der Waals surface area contributed by atoms with Crippen molar-refractivity contribution in [3.63, 3.8) is 0 Å². The Morgan fingerprint density at radius 1 is 0.875 bits per heavy atom. The monoisotopic (exact) mass is 537 g/mol. The van der Waals surface area contributed by atoms with Crippen LogP contribution in [0.3, 0.4) is 0 Å². The van der Waals surface area contributed by atoms with Crippen LogP contribution >= 0.6 is 0 Å². The Kier molecular flexibility index (Phi) is 11.0. The number of nitrogens with zero attached hydrogens (tertiary/aromatic N) is 2. The second-order valence-electron chi connectivity index (χ2n) is 11.3. The molecule has 2 atom stereocenters. The molecule has 4 heteroatoms. The van der Waals surface area contributed by atoms with Crippen molar-refractivity contribution in [1.29, 1.82) is 0 Å². The van der Waals surface area contributed by atoms with E-state index in [0.717, 1.165) is 51.9 Å². The zero-order chi connectivity index (χ0) is 28.3. The van der Waals surface area contributed by atoms with E-state index in [1.807, 2.05) is 0 Å². The standard InChI is InChI=1S/C36H47N3O/c1-5-38(6-2)24-12-13-29(4)37-36(40)25-32(23-22-30-14-8-7-9-15-30)34-27-39(35-17-11-10-16-33(34)35)26-31-20-18-28(3)19-21-31/h7-11,14-21,27,29,32H,5-6,12-13,22-26H2,1-4H3,(H,37,40)/t29-,32+/m0/s1. The molecule has 0 saturated carbocycles. The Hall–Kier alpha value is -3.37. The minimum absolute atomic E-state index is 0.146. The quantitative estimate of drug-likeness (QED) is 0.168. The first-order valence-corrected chi connectivity index (χ1v) is 15.2. The van der Waals surface area contributed by atoms with E-state index in [9.17, 15) is 4.79 Å². The first-order valence-electron chi connectivity index (χ1n) is 15.2. The molecule has 1 heterocycles. The molecule has 4 rings (SSSR count). The summed E-state index contributed by atoms with van der Waals surface area (Å²) in [5, 5.41) is 4.58. The maximum Gasteiger partial charge on any atom is 0.220 e. The van der Waals surface area contributed by atoms with Crippen LogP contribution in [0.1, 0.15) is 74.6 Å². The van der Waals surface area contributed by atoms with Crippen LogP contribution in [0.15, 0.2) is 85.1 Å². The molecular weight excluding hydrogens is 490 g/mol. The SMILES string of the molecule is CCN(CC)CCC[C@H](C)NC(=O)C[C@@H](CCc1ccccc1)c1cn(Cc2ccc(C)cc2)c2ccccc12. The maximum absolute atomic E-state index is 13.4. The smallest absolute Gasteiger partial charge is 0.220 e. The molecule has 0 bridgehead atoms. The summed E-state index contributed by atoms with van der Waals surface area (Å²) >= 11 is 0. The molecule has 0 fully saturated rings. The molecule has 0 spiro atoms. The molecule has 4 aromatic rings. The Morgan fingerprint density at radius 3 is 2.30 bits per heavy atom. The molecular formula is C36H47N3O. The normalized spacial score (nSPS) is 13.0. The van der Waals surface area contributed by atoms with Crippen LogP contribution in [0.2, 0.25) is 0 Å². The number of para-hydroxylation sites is 1. The van der Waals surface area contributed by atoms with Gasteiger partial charge in [0.05, 0.1) is 0 Å². The van der Waals surface area contributed by atoms with E-state index in [2.05, 4.69) is 128 Å². The zero-order valence-corrected chi connectivity index (χ0v) is 24.9. The molecule has 40 heavy (non-hydrogen) atoms. The molecule has 1 N–H and O–H groups in total. The van der Waals surface area contributed by atoms with E-state index >= 15 is 0 Å². The molecule has 0 aliphatic heterocycles. The van der Waals surface area contributed by atoms with Crippen LogP contribution in [-0.2, 0) is 17.8 Å². The van der Waals surface area contributed by atoms with Crippen LogP contribution in [0, 0.1) is 6.92 Å². The number of aromatic nitrogens is 1. The van der Waals surface area contributed by atoms with Gasteiger partial charge in [0.15, 0.2) is 0 Å². The van der Waals surface area contributed by atoms with Gasteiger partial charge in [-0.1, -0.05) is 92.2 Å². The highest BCUT2D eigenvalue weighted by atomic mass is 16.1. The van der Waals surface area contributed by atoms with Gasteiger partial charge in [0.2, 0.25) is 5.91 Å². The van der Waals surface area contributed by atoms with Crippen molar-refractivity contribution in [2.45, 2.75) is 78.3 Å². The molecule has 0 aliphatic rings. The Labute approximate surface area is 241 Å². The summed E-state index contributed by atoms with van der Waals surface area (Å²) in [5.41, 5.74) is 6.39. The third kappa shape index (κ3) is 8.32. The Morgan fingerprint density at radius 2 is 1.57 bits per heavy atom. The number of hydrogen-bond acceptors (Lipinski definition) is 2. The number of carbonyl (C=O) groups is 1. The third-order valence-electron chi connectivity index (χ3n) is 8.20. The average molecular weight is 538 g/mol. The summed E-state index contributed by atoms with van der Waals surface area (Å²) in [4.78, 5) is 15.8. The van der Waals surface area contributed by atoms with Crippen molar-refractivity contribution < 1.29 is 4.79 Å². The molecule has 4 nitrogen and oxygen atoms in total. The van der Waals surface area contributed by atoms with E-state index in [4.69, 9.17) is 0 Å². The van der Waals surface area contributed by atoms with Crippen molar-refractivity contribution in [3.05, 3.63) is 107 Å². The first kappa shape index (κ1) is 29.6. The van der Waals surface area contributed by atoms with Gasteiger partial charge in [-0.25, -0.2) is 0 Å². The van der Waals surface area contributed by atoms with Gasteiger partial charge in [-0.05, 0) is 87.8 Å². The summed E-state index contributed by atoms with van der Waals surface area (Å²) in [6.45, 7) is 12.8. The fourth-order valence-corrected chi connectivity index (χ4v) is 5.77. The van der Waals surface area contributed by atoms with E-state index in [1.165, 1.54) is 33.2 Å². The van der Waals surface area contributed by atoms with Gasteiger partial charge < -0.3 is 14.8 Å². The van der Waals surface area contributed by atoms with Crippen LogP contribution in [0.25, 0.3) is 10.9 Å². The number of nitrogens with one attached hydrogen (secondary N) is 1. The molecule has 0 saturated heterocycles. The number of fused-ring (bicyclic) bond motifs is 1. The predicted molar refractivity (Wildman–Crippen MR) is 169 cm³/mol. The van der Waals surface area contributed by atoms with E-state index < -0.39 is 0 Å². The minimum Gasteiger partial charge on any atom is -0.354 e. The van der Waals surface area contributed by atoms with Gasteiger partial charge in [0, 0.05) is 36.1 Å². The van der Waals surface area contributed by atoms with Gasteiger partial charge in [-0.2, -0.15) is 0 Å². The largest absolute Gasteiger partial charge is 0.354 e. The van der Waals surface area contributed by atoms with Crippen LogP contribution in [0.5, 0.6) is 0 Å². The second-order valence-corrected chi connectivity index (χ2v) is 11.3. The lowest BCUT2D eigenvalue weighted by molar-refractivity contribution is -0.122. The van der Waals surface area contributed by atoms with Crippen LogP contribution < -0.4 is 5.32 Å². The number of hydrogen-bond donors (Lipinski definition) is 1. The topological polar surface area (TPSA) is 37.3 Å². The van der Waals surface area contributed by atoms with E-state index in [-0.39, 0.29) is 17.9 Å². The van der Waals surface area contributed by atoms with Crippen molar-refractivity contribution in [2.75, 3.05) is 19.6 Å². The Balaban J connectivity index is 1.52. The summed E-state index contributed by atoms with van der Waals surface area (Å²) in [7, 11) is 0. The van der Waals surface area contributed by atoms with Crippen molar-refractivity contribution in [2.24, 2.45) is 0 Å². The fraction of sp³-hybridized carbons (Fsp3) is 0.417. The van der Waals surface area contributed by atoms with Gasteiger partial charge in [-0.3, -0.25) is 4.79 Å². The lowest BCUT2D eigenvalue weighted by atomic mass is 9.89. The molecule has 0 radical (unpaired) electrons. The van der Waals surface area contributed by atoms with Crippen LogP contribution in [0.4, 0.5) is 0 Å². The summed E-state index contributed by atoms with van der Waals surface area (Å²) in [6, 6.07) is 28.3. The number of amides is 1. The highest BCUT2D eigenvalue weighted by Gasteiger charge is 2.22. The highest BCUT2D eigenvalue weighted by Crippen LogP contribution is 2.33. The van der Waals surface area contributed by atoms with Crippen molar-refractivity contribution in [1.82, 2.24) is 14.8 Å². The molecule has 0 unspecified atom stereocenters. The number of rotatable bonds is 15. The Bertz CT molecular complexity index is 1320. The molecule has 1 amide bonds. The molecule has 212 valence electrons. The summed E-state index contributed by atoms with van der Waals surface area (Å²) in [5.74, 6) is 0.302. The third-order valence-corrected chi connectivity index (χ3v) is 8.20. The second kappa shape index (κ2) is 14.9. The van der Waals surface area contributed by atoms with Gasteiger partial charge >= 0.3 is 0 Å². The number of carbonyl (C=O) groups excluding carboxylic acids is 1. The van der Waals surface area contributed by atoms with Gasteiger partial charge in [0.25, 0.3) is 0 Å².